The summed E-state index contributed by atoms with van der Waals surface area (Å²) in [7, 11) is 0. The number of carbonyl (C=O) groups excluding carboxylic acids is 2. The smallest absolute Gasteiger partial charge is 0.329 e. The van der Waals surface area contributed by atoms with E-state index < -0.39 is 11.5 Å². The number of carboxylic acid groups (broad SMARTS) is 1. The molecule has 1 aliphatic carbocycles. The molecule has 3 amide bonds. The van der Waals surface area contributed by atoms with E-state index in [2.05, 4.69) is 10.6 Å². The number of carboxylic acids is 1. The largest absolute Gasteiger partial charge is 0.480 e. The van der Waals surface area contributed by atoms with Crippen LogP contribution in [0.1, 0.15) is 46.0 Å². The molecule has 130 valence electrons. The highest BCUT2D eigenvalue weighted by Crippen LogP contribution is 2.35. The Labute approximate surface area is 136 Å². The topological polar surface area (TPSA) is 98.7 Å². The van der Waals surface area contributed by atoms with Gasteiger partial charge in [-0.05, 0) is 37.5 Å². The van der Waals surface area contributed by atoms with Gasteiger partial charge in [-0.3, -0.25) is 4.79 Å². The van der Waals surface area contributed by atoms with Crippen LogP contribution in [-0.4, -0.2) is 53.1 Å². The van der Waals surface area contributed by atoms with Gasteiger partial charge >= 0.3 is 12.0 Å². The molecule has 1 aliphatic heterocycles. The number of amides is 3. The first kappa shape index (κ1) is 17.6. The van der Waals surface area contributed by atoms with Crippen LogP contribution in [0.5, 0.6) is 0 Å². The van der Waals surface area contributed by atoms with Crippen molar-refractivity contribution in [3.05, 3.63) is 0 Å². The number of carbonyl (C=O) groups is 3. The third-order valence-corrected chi connectivity index (χ3v) is 4.48. The molecule has 0 spiro atoms. The predicted molar refractivity (Wildman–Crippen MR) is 84.9 cm³/mol. The molecule has 2 fully saturated rings. The fourth-order valence-corrected chi connectivity index (χ4v) is 2.92. The molecular weight excluding hydrogens is 298 g/mol. The molecule has 1 saturated heterocycles. The molecule has 0 aromatic rings. The number of aliphatic carboxylic acids is 1. The lowest BCUT2D eigenvalue weighted by Gasteiger charge is -2.33. The third-order valence-electron chi connectivity index (χ3n) is 4.48. The monoisotopic (exact) mass is 325 g/mol. The molecule has 3 N–H and O–H groups in total. The SMILES string of the molecule is CC(C)CNC(=O)N1CCCC(CC(=O)NC2(C(=O)O)CC2)C1. The van der Waals surface area contributed by atoms with Crippen molar-refractivity contribution >= 4 is 17.9 Å². The van der Waals surface area contributed by atoms with E-state index in [1.165, 1.54) is 0 Å². The second-order valence-corrected chi connectivity index (χ2v) is 7.17. The van der Waals surface area contributed by atoms with Crippen molar-refractivity contribution in [3.8, 4) is 0 Å². The van der Waals surface area contributed by atoms with Crippen LogP contribution < -0.4 is 10.6 Å². The van der Waals surface area contributed by atoms with Gasteiger partial charge in [-0.1, -0.05) is 13.8 Å². The lowest BCUT2D eigenvalue weighted by atomic mass is 9.94. The maximum absolute atomic E-state index is 12.1. The molecule has 0 aromatic heterocycles. The van der Waals surface area contributed by atoms with Gasteiger partial charge in [-0.25, -0.2) is 9.59 Å². The van der Waals surface area contributed by atoms with Crippen LogP contribution in [0.3, 0.4) is 0 Å². The minimum absolute atomic E-state index is 0.0759. The van der Waals surface area contributed by atoms with Gasteiger partial charge in [0.05, 0.1) is 0 Å². The van der Waals surface area contributed by atoms with E-state index >= 15 is 0 Å². The van der Waals surface area contributed by atoms with Crippen LogP contribution in [0.15, 0.2) is 0 Å². The highest BCUT2D eigenvalue weighted by Gasteiger charge is 2.51. The second kappa shape index (κ2) is 7.19. The predicted octanol–water partition coefficient (Wildman–Crippen LogP) is 1.19. The number of rotatable bonds is 6. The Bertz CT molecular complexity index is 474. The number of nitrogens with zero attached hydrogens (tertiary/aromatic N) is 1. The van der Waals surface area contributed by atoms with Crippen LogP contribution in [0, 0.1) is 11.8 Å². The average molecular weight is 325 g/mol. The Morgan fingerprint density at radius 3 is 2.57 bits per heavy atom. The maximum Gasteiger partial charge on any atom is 0.329 e. The Morgan fingerprint density at radius 1 is 1.30 bits per heavy atom. The number of hydrogen-bond acceptors (Lipinski definition) is 3. The van der Waals surface area contributed by atoms with E-state index in [9.17, 15) is 14.4 Å². The van der Waals surface area contributed by atoms with E-state index in [4.69, 9.17) is 5.11 Å². The first-order valence-electron chi connectivity index (χ1n) is 8.39. The van der Waals surface area contributed by atoms with E-state index in [0.29, 0.717) is 38.4 Å². The van der Waals surface area contributed by atoms with Crippen molar-refractivity contribution in [1.29, 1.82) is 0 Å². The fraction of sp³-hybridized carbons (Fsp3) is 0.812. The first-order valence-corrected chi connectivity index (χ1v) is 8.39. The van der Waals surface area contributed by atoms with Gasteiger partial charge in [0.15, 0.2) is 0 Å². The molecule has 1 heterocycles. The van der Waals surface area contributed by atoms with E-state index in [1.54, 1.807) is 4.90 Å². The second-order valence-electron chi connectivity index (χ2n) is 7.17. The molecule has 0 radical (unpaired) electrons. The van der Waals surface area contributed by atoms with Crippen LogP contribution in [0.25, 0.3) is 0 Å². The summed E-state index contributed by atoms with van der Waals surface area (Å²) in [6.45, 7) is 5.99. The maximum atomic E-state index is 12.1. The summed E-state index contributed by atoms with van der Waals surface area (Å²) in [4.78, 5) is 37.0. The van der Waals surface area contributed by atoms with E-state index in [-0.39, 0.29) is 24.3 Å². The van der Waals surface area contributed by atoms with Gasteiger partial charge in [-0.2, -0.15) is 0 Å². The summed E-state index contributed by atoms with van der Waals surface area (Å²) in [6, 6.07) is -0.0759. The molecule has 0 aromatic carbocycles. The van der Waals surface area contributed by atoms with Gasteiger partial charge in [0, 0.05) is 26.1 Å². The van der Waals surface area contributed by atoms with Crippen LogP contribution in [0.2, 0.25) is 0 Å². The van der Waals surface area contributed by atoms with Crippen LogP contribution >= 0.6 is 0 Å². The van der Waals surface area contributed by atoms with Crippen molar-refractivity contribution in [2.75, 3.05) is 19.6 Å². The van der Waals surface area contributed by atoms with E-state index in [0.717, 1.165) is 12.8 Å². The third kappa shape index (κ3) is 4.84. The number of hydrogen-bond donors (Lipinski definition) is 3. The Balaban J connectivity index is 1.78. The fourth-order valence-electron chi connectivity index (χ4n) is 2.92. The highest BCUT2D eigenvalue weighted by atomic mass is 16.4. The lowest BCUT2D eigenvalue weighted by molar-refractivity contribution is -0.143. The summed E-state index contributed by atoms with van der Waals surface area (Å²) < 4.78 is 0. The minimum Gasteiger partial charge on any atom is -0.480 e. The van der Waals surface area contributed by atoms with Crippen molar-refractivity contribution < 1.29 is 19.5 Å². The minimum atomic E-state index is -1.03. The molecule has 2 aliphatic rings. The summed E-state index contributed by atoms with van der Waals surface area (Å²) in [6.07, 6.45) is 3.05. The van der Waals surface area contributed by atoms with Gasteiger partial charge in [0.1, 0.15) is 5.54 Å². The van der Waals surface area contributed by atoms with Crippen molar-refractivity contribution in [3.63, 3.8) is 0 Å². The zero-order chi connectivity index (χ0) is 17.0. The average Bonchev–Trinajstić information content (AvgIpc) is 3.25. The lowest BCUT2D eigenvalue weighted by Crippen LogP contribution is -2.48. The normalized spacial score (nSPS) is 22.6. The van der Waals surface area contributed by atoms with E-state index in [1.807, 2.05) is 13.8 Å². The van der Waals surface area contributed by atoms with Gasteiger partial charge in [0.2, 0.25) is 5.91 Å². The first-order chi connectivity index (χ1) is 10.8. The zero-order valence-electron chi connectivity index (χ0n) is 13.9. The number of likely N-dealkylation sites (tertiary alicyclic amines) is 1. The zero-order valence-corrected chi connectivity index (χ0v) is 13.9. The number of piperidine rings is 1. The summed E-state index contributed by atoms with van der Waals surface area (Å²) in [5, 5.41) is 14.6. The Morgan fingerprint density at radius 2 is 2.00 bits per heavy atom. The Kier molecular flexibility index (Phi) is 5.49. The van der Waals surface area contributed by atoms with Crippen molar-refractivity contribution in [1.82, 2.24) is 15.5 Å². The molecule has 1 unspecified atom stereocenters. The molecule has 23 heavy (non-hydrogen) atoms. The van der Waals surface area contributed by atoms with Crippen LogP contribution in [-0.2, 0) is 9.59 Å². The van der Waals surface area contributed by atoms with Gasteiger partial charge in [0.25, 0.3) is 0 Å². The molecule has 1 saturated carbocycles. The molecule has 0 bridgehead atoms. The summed E-state index contributed by atoms with van der Waals surface area (Å²) in [5.41, 5.74) is -1.03. The number of nitrogens with one attached hydrogen (secondary N) is 2. The summed E-state index contributed by atoms with van der Waals surface area (Å²) in [5.74, 6) is -0.683. The molecular formula is C16H27N3O4. The Hall–Kier alpha value is -1.79. The van der Waals surface area contributed by atoms with Gasteiger partial charge < -0.3 is 20.6 Å². The molecule has 2 rings (SSSR count). The van der Waals surface area contributed by atoms with Crippen molar-refractivity contribution in [2.45, 2.75) is 51.5 Å². The highest BCUT2D eigenvalue weighted by molar-refractivity contribution is 5.89. The van der Waals surface area contributed by atoms with Crippen LogP contribution in [0.4, 0.5) is 4.79 Å². The standard InChI is InChI=1S/C16H27N3O4/c1-11(2)9-17-15(23)19-7-3-4-12(10-19)8-13(20)18-16(5-6-16)14(21)22/h11-12H,3-10H2,1-2H3,(H,17,23)(H,18,20)(H,21,22). The van der Waals surface area contributed by atoms with Gasteiger partial charge in [-0.15, -0.1) is 0 Å². The molecule has 7 heteroatoms. The quantitative estimate of drug-likeness (QED) is 0.683. The summed E-state index contributed by atoms with van der Waals surface area (Å²) >= 11 is 0. The molecule has 1 atom stereocenters. The molecule has 7 nitrogen and oxygen atoms in total. The number of urea groups is 1. The van der Waals surface area contributed by atoms with Crippen molar-refractivity contribution in [2.24, 2.45) is 11.8 Å².